The summed E-state index contributed by atoms with van der Waals surface area (Å²) in [6, 6.07) is 13.1. The van der Waals surface area contributed by atoms with Gasteiger partial charge in [0.15, 0.2) is 0 Å². The molecule has 1 N–H and O–H groups in total. The average molecular weight is 522 g/mol. The SMILES string of the molecule is CCCCCCCN1C(=O)/C(=C2/C(=O)N(CC(=O)Nc3ccc(C)cc3C)c3ccccc32)SC1=S. The van der Waals surface area contributed by atoms with Crippen molar-refractivity contribution in [1.29, 1.82) is 0 Å². The lowest BCUT2D eigenvalue weighted by Gasteiger charge is -2.17. The fourth-order valence-electron chi connectivity index (χ4n) is 4.56. The second-order valence-corrected chi connectivity index (χ2v) is 10.9. The van der Waals surface area contributed by atoms with Gasteiger partial charge in [0, 0.05) is 17.8 Å². The minimum absolute atomic E-state index is 0.148. The van der Waals surface area contributed by atoms with E-state index in [2.05, 4.69) is 12.2 Å². The summed E-state index contributed by atoms with van der Waals surface area (Å²) in [5.41, 5.74) is 4.39. The summed E-state index contributed by atoms with van der Waals surface area (Å²) in [5, 5.41) is 2.91. The Bertz CT molecular complexity index is 1250. The predicted molar refractivity (Wildman–Crippen MR) is 151 cm³/mol. The molecule has 3 amide bonds. The Morgan fingerprint density at radius 1 is 0.972 bits per heavy atom. The Balaban J connectivity index is 1.54. The van der Waals surface area contributed by atoms with Crippen molar-refractivity contribution in [1.82, 2.24) is 4.90 Å². The molecule has 0 saturated carbocycles. The highest BCUT2D eigenvalue weighted by Crippen LogP contribution is 2.44. The van der Waals surface area contributed by atoms with Crippen molar-refractivity contribution < 1.29 is 14.4 Å². The second kappa shape index (κ2) is 11.4. The first kappa shape index (κ1) is 26.1. The Morgan fingerprint density at radius 2 is 1.72 bits per heavy atom. The molecule has 2 aliphatic rings. The van der Waals surface area contributed by atoms with E-state index < -0.39 is 0 Å². The molecule has 2 heterocycles. The van der Waals surface area contributed by atoms with Gasteiger partial charge in [-0.2, -0.15) is 0 Å². The minimum Gasteiger partial charge on any atom is -0.324 e. The van der Waals surface area contributed by atoms with Crippen molar-refractivity contribution >= 4 is 63.0 Å². The maximum absolute atomic E-state index is 13.6. The van der Waals surface area contributed by atoms with E-state index in [4.69, 9.17) is 12.2 Å². The summed E-state index contributed by atoms with van der Waals surface area (Å²) in [7, 11) is 0. The standard InChI is InChI=1S/C28H31N3O3S2/c1-4-5-6-7-10-15-30-27(34)25(36-28(30)35)24-20-11-8-9-12-22(20)31(26(24)33)17-23(32)29-21-14-13-18(2)16-19(21)3/h8-9,11-14,16H,4-7,10,15,17H2,1-3H3,(H,29,32)/b25-24-. The van der Waals surface area contributed by atoms with Gasteiger partial charge in [0.2, 0.25) is 5.91 Å². The number of anilines is 2. The number of fused-ring (bicyclic) bond motifs is 1. The first-order chi connectivity index (χ1) is 17.3. The van der Waals surface area contributed by atoms with Crippen molar-refractivity contribution in [3.05, 3.63) is 64.1 Å². The number of benzene rings is 2. The van der Waals surface area contributed by atoms with Crippen molar-refractivity contribution in [2.75, 3.05) is 23.3 Å². The topological polar surface area (TPSA) is 69.7 Å². The Labute approximate surface area is 222 Å². The first-order valence-electron chi connectivity index (χ1n) is 12.4. The molecule has 0 spiro atoms. The summed E-state index contributed by atoms with van der Waals surface area (Å²) in [4.78, 5) is 43.3. The molecule has 6 nitrogen and oxygen atoms in total. The van der Waals surface area contributed by atoms with Gasteiger partial charge in [0.1, 0.15) is 10.9 Å². The first-order valence-corrected chi connectivity index (χ1v) is 13.6. The summed E-state index contributed by atoms with van der Waals surface area (Å²) in [5.74, 6) is -0.873. The molecule has 0 radical (unpaired) electrons. The molecule has 1 fully saturated rings. The van der Waals surface area contributed by atoms with Crippen LogP contribution in [0.15, 0.2) is 47.4 Å². The van der Waals surface area contributed by atoms with E-state index in [0.29, 0.717) is 38.3 Å². The molecular formula is C28H31N3O3S2. The number of nitrogens with one attached hydrogen (secondary N) is 1. The number of carbonyl (C=O) groups is 3. The molecular weight excluding hydrogens is 490 g/mol. The Hall–Kier alpha value is -2.97. The van der Waals surface area contributed by atoms with Crippen LogP contribution >= 0.6 is 24.0 Å². The fourth-order valence-corrected chi connectivity index (χ4v) is 5.94. The van der Waals surface area contributed by atoms with Crippen LogP contribution in [-0.2, 0) is 14.4 Å². The quantitative estimate of drug-likeness (QED) is 0.255. The lowest BCUT2D eigenvalue weighted by Crippen LogP contribution is -2.35. The zero-order chi connectivity index (χ0) is 25.8. The van der Waals surface area contributed by atoms with Crippen molar-refractivity contribution in [3.8, 4) is 0 Å². The lowest BCUT2D eigenvalue weighted by atomic mass is 10.1. The number of hydrogen-bond donors (Lipinski definition) is 1. The zero-order valence-electron chi connectivity index (χ0n) is 20.9. The molecule has 1 saturated heterocycles. The van der Waals surface area contributed by atoms with Crippen LogP contribution in [-0.4, -0.2) is 40.0 Å². The van der Waals surface area contributed by atoms with Gasteiger partial charge < -0.3 is 5.32 Å². The van der Waals surface area contributed by atoms with Crippen molar-refractivity contribution in [2.45, 2.75) is 52.9 Å². The molecule has 0 bridgehead atoms. The van der Waals surface area contributed by atoms with Crippen LogP contribution in [0.3, 0.4) is 0 Å². The number of amides is 3. The third kappa shape index (κ3) is 5.39. The van der Waals surface area contributed by atoms with Crippen LogP contribution in [0.1, 0.15) is 55.7 Å². The number of hydrogen-bond acceptors (Lipinski definition) is 5. The number of unbranched alkanes of at least 4 members (excludes halogenated alkanes) is 4. The molecule has 0 atom stereocenters. The van der Waals surface area contributed by atoms with Crippen LogP contribution in [0.4, 0.5) is 11.4 Å². The minimum atomic E-state index is -0.351. The highest BCUT2D eigenvalue weighted by molar-refractivity contribution is 8.26. The molecule has 4 rings (SSSR count). The Kier molecular flexibility index (Phi) is 8.26. The van der Waals surface area contributed by atoms with Gasteiger partial charge in [0.25, 0.3) is 11.8 Å². The fraction of sp³-hybridized carbons (Fsp3) is 0.357. The number of thiocarbonyl (C=S) groups is 1. The van der Waals surface area contributed by atoms with E-state index in [1.165, 1.54) is 23.1 Å². The molecule has 0 unspecified atom stereocenters. The molecule has 2 aliphatic heterocycles. The monoisotopic (exact) mass is 521 g/mol. The summed E-state index contributed by atoms with van der Waals surface area (Å²) < 4.78 is 0.481. The number of para-hydroxylation sites is 1. The van der Waals surface area contributed by atoms with E-state index in [1.807, 2.05) is 50.2 Å². The highest BCUT2D eigenvalue weighted by Gasteiger charge is 2.42. The van der Waals surface area contributed by atoms with Gasteiger partial charge >= 0.3 is 0 Å². The third-order valence-corrected chi connectivity index (χ3v) is 7.89. The van der Waals surface area contributed by atoms with E-state index >= 15 is 0 Å². The van der Waals surface area contributed by atoms with Crippen LogP contribution in [0, 0.1) is 13.8 Å². The molecule has 0 aliphatic carbocycles. The van der Waals surface area contributed by atoms with Gasteiger partial charge in [-0.1, -0.05) is 92.5 Å². The van der Waals surface area contributed by atoms with Crippen LogP contribution < -0.4 is 10.2 Å². The number of nitrogens with zero attached hydrogens (tertiary/aromatic N) is 2. The van der Waals surface area contributed by atoms with E-state index in [-0.39, 0.29) is 24.3 Å². The van der Waals surface area contributed by atoms with Gasteiger partial charge in [-0.15, -0.1) is 0 Å². The maximum Gasteiger partial charge on any atom is 0.267 e. The highest BCUT2D eigenvalue weighted by atomic mass is 32.2. The van der Waals surface area contributed by atoms with Crippen LogP contribution in [0.5, 0.6) is 0 Å². The van der Waals surface area contributed by atoms with Gasteiger partial charge in [0.05, 0.1) is 16.2 Å². The van der Waals surface area contributed by atoms with E-state index in [9.17, 15) is 14.4 Å². The van der Waals surface area contributed by atoms with E-state index in [0.717, 1.165) is 36.8 Å². The lowest BCUT2D eigenvalue weighted by molar-refractivity contribution is -0.122. The average Bonchev–Trinajstić information content (AvgIpc) is 3.28. The number of thioether (sulfide) groups is 1. The number of rotatable bonds is 9. The normalized spacial score (nSPS) is 17.2. The van der Waals surface area contributed by atoms with Crippen LogP contribution in [0.2, 0.25) is 0 Å². The molecule has 36 heavy (non-hydrogen) atoms. The molecule has 188 valence electrons. The largest absolute Gasteiger partial charge is 0.324 e. The molecule has 0 aromatic heterocycles. The maximum atomic E-state index is 13.6. The smallest absolute Gasteiger partial charge is 0.267 e. The molecule has 2 aromatic rings. The van der Waals surface area contributed by atoms with Crippen molar-refractivity contribution in [3.63, 3.8) is 0 Å². The zero-order valence-corrected chi connectivity index (χ0v) is 22.6. The van der Waals surface area contributed by atoms with Gasteiger partial charge in [-0.3, -0.25) is 24.2 Å². The van der Waals surface area contributed by atoms with E-state index in [1.54, 1.807) is 11.0 Å². The van der Waals surface area contributed by atoms with Gasteiger partial charge in [-0.25, -0.2) is 0 Å². The molecule has 8 heteroatoms. The molecule has 2 aromatic carbocycles. The number of aryl methyl sites for hydroxylation is 2. The second-order valence-electron chi connectivity index (χ2n) is 9.22. The summed E-state index contributed by atoms with van der Waals surface area (Å²) >= 11 is 6.69. The third-order valence-electron chi connectivity index (χ3n) is 6.44. The van der Waals surface area contributed by atoms with Gasteiger partial charge in [-0.05, 0) is 38.0 Å². The predicted octanol–water partition coefficient (Wildman–Crippen LogP) is 5.83. The summed E-state index contributed by atoms with van der Waals surface area (Å²) in [6.07, 6.45) is 5.40. The summed E-state index contributed by atoms with van der Waals surface area (Å²) in [6.45, 7) is 6.51. The Morgan fingerprint density at radius 3 is 2.47 bits per heavy atom. The number of carbonyl (C=O) groups excluding carboxylic acids is 3. The van der Waals surface area contributed by atoms with Crippen LogP contribution in [0.25, 0.3) is 5.57 Å². The van der Waals surface area contributed by atoms with Crippen molar-refractivity contribution in [2.24, 2.45) is 0 Å².